The van der Waals surface area contributed by atoms with Gasteiger partial charge in [-0.2, -0.15) is 0 Å². The number of rotatable bonds is 11. The molecule has 0 fully saturated rings. The summed E-state index contributed by atoms with van der Waals surface area (Å²) in [4.78, 5) is 0. The number of nitrogens with one attached hydrogen (secondary N) is 1. The summed E-state index contributed by atoms with van der Waals surface area (Å²) in [6, 6.07) is 18.6. The lowest BCUT2D eigenvalue weighted by Crippen LogP contribution is -2.67. The Morgan fingerprint density at radius 3 is 1.83 bits per heavy atom. The zero-order valence-corrected chi connectivity index (χ0v) is 23.1. The van der Waals surface area contributed by atoms with Gasteiger partial charge >= 0.3 is 0 Å². The van der Waals surface area contributed by atoms with Gasteiger partial charge in [-0.05, 0) is 22.3 Å². The van der Waals surface area contributed by atoms with Gasteiger partial charge < -0.3 is 10.2 Å². The smallest absolute Gasteiger partial charge is 0.261 e. The average Bonchev–Trinajstić information content (AvgIpc) is 2.77. The Labute approximate surface area is 210 Å². The molecule has 2 aromatic carbocycles. The van der Waals surface area contributed by atoms with Gasteiger partial charge in [0.15, 0.2) is 0 Å². The summed E-state index contributed by atoms with van der Waals surface area (Å²) in [6.45, 7) is 8.03. The second-order valence-electron chi connectivity index (χ2n) is 9.34. The average molecular weight is 538 g/mol. The third-order valence-electron chi connectivity index (χ3n) is 5.32. The van der Waals surface area contributed by atoms with Crippen LogP contribution in [0.15, 0.2) is 83.6 Å². The second kappa shape index (κ2) is 11.7. The van der Waals surface area contributed by atoms with E-state index in [0.717, 1.165) is 27.3 Å². The minimum absolute atomic E-state index is 0.111. The molecule has 0 aliphatic carbocycles. The maximum atomic E-state index is 12.4. The van der Waals surface area contributed by atoms with Crippen LogP contribution in [-0.2, 0) is 24.5 Å². The highest BCUT2D eigenvalue weighted by atomic mass is 32.2. The molecule has 2 aromatic rings. The Balaban J connectivity index is 2.26. The quantitative estimate of drug-likeness (QED) is 0.371. The van der Waals surface area contributed by atoms with Gasteiger partial charge in [0.05, 0.1) is 6.61 Å². The molecule has 0 amide bonds. The van der Waals surface area contributed by atoms with E-state index in [2.05, 4.69) is 49.8 Å². The van der Waals surface area contributed by atoms with Crippen LogP contribution in [0.4, 0.5) is 0 Å². The van der Waals surface area contributed by atoms with E-state index in [9.17, 15) is 16.8 Å². The summed E-state index contributed by atoms with van der Waals surface area (Å²) < 4.78 is 55.8. The van der Waals surface area contributed by atoms with Crippen molar-refractivity contribution in [3.63, 3.8) is 0 Å². The summed E-state index contributed by atoms with van der Waals surface area (Å²) in [5.74, 6) is 0. The van der Waals surface area contributed by atoms with Gasteiger partial charge in [0.25, 0.3) is 8.32 Å². The molecule has 5 N–H and O–H groups in total. The van der Waals surface area contributed by atoms with E-state index in [0.29, 0.717) is 0 Å². The van der Waals surface area contributed by atoms with Gasteiger partial charge in [-0.3, -0.25) is 0 Å². The van der Waals surface area contributed by atoms with Crippen LogP contribution in [0.25, 0.3) is 0 Å². The molecular weight excluding hydrogens is 503 g/mol. The summed E-state index contributed by atoms with van der Waals surface area (Å²) in [5, 5.41) is 8.56. The van der Waals surface area contributed by atoms with E-state index in [-0.39, 0.29) is 11.6 Å². The number of hydrogen-bond donors (Lipinski definition) is 3. The van der Waals surface area contributed by atoms with Gasteiger partial charge in [0, 0.05) is 22.9 Å². The lowest BCUT2D eigenvalue weighted by molar-refractivity contribution is 0.288. The van der Waals surface area contributed by atoms with Crippen molar-refractivity contribution in [2.24, 2.45) is 10.9 Å². The van der Waals surface area contributed by atoms with Gasteiger partial charge in [-0.1, -0.05) is 93.6 Å². The zero-order chi connectivity index (χ0) is 26.3. The molecule has 0 spiro atoms. The Morgan fingerprint density at radius 2 is 1.40 bits per heavy atom. The molecule has 0 heterocycles. The van der Waals surface area contributed by atoms with E-state index in [4.69, 9.17) is 15.3 Å². The van der Waals surface area contributed by atoms with Crippen LogP contribution in [0, 0.1) is 0 Å². The molecule has 0 bridgehead atoms. The highest BCUT2D eigenvalue weighted by Crippen LogP contribution is 2.36. The van der Waals surface area contributed by atoms with Gasteiger partial charge in [0.1, 0.15) is 0 Å². The highest BCUT2D eigenvalue weighted by molar-refractivity contribution is 7.92. The Kier molecular flexibility index (Phi) is 9.76. The monoisotopic (exact) mass is 537 g/mol. The number of sulfonamides is 2. The van der Waals surface area contributed by atoms with Crippen LogP contribution in [-0.4, -0.2) is 43.8 Å². The molecule has 0 aromatic heterocycles. The van der Waals surface area contributed by atoms with Gasteiger partial charge in [0.2, 0.25) is 20.0 Å². The minimum atomic E-state index is -3.87. The topological polar surface area (TPSA) is 142 Å². The van der Waals surface area contributed by atoms with Crippen molar-refractivity contribution >= 4 is 38.7 Å². The summed E-state index contributed by atoms with van der Waals surface area (Å²) in [7, 11) is -10.5. The summed E-state index contributed by atoms with van der Waals surface area (Å²) in [5.41, 5.74) is 6.24. The first kappa shape index (κ1) is 29.1. The van der Waals surface area contributed by atoms with Crippen LogP contribution in [0.3, 0.4) is 0 Å². The molecule has 35 heavy (non-hydrogen) atoms. The molecule has 8 nitrogen and oxygen atoms in total. The fourth-order valence-corrected chi connectivity index (χ4v) is 9.94. The molecule has 0 saturated carbocycles. The predicted octanol–water partition coefficient (Wildman–Crippen LogP) is 1.51. The number of primary sulfonamides is 1. The van der Waals surface area contributed by atoms with Crippen LogP contribution in [0.2, 0.25) is 5.04 Å². The van der Waals surface area contributed by atoms with Crippen molar-refractivity contribution < 1.29 is 21.3 Å². The van der Waals surface area contributed by atoms with Crippen molar-refractivity contribution in [1.29, 1.82) is 0 Å². The molecular formula is C24H35N3O5S2Si. The molecule has 2 atom stereocenters. The summed E-state index contributed by atoms with van der Waals surface area (Å²) in [6.07, 6.45) is 2.50. The lowest BCUT2D eigenvalue weighted by Gasteiger charge is -2.43. The molecule has 0 aliphatic rings. The first-order valence-corrected chi connectivity index (χ1v) is 16.1. The number of nitrogens with two attached hydrogens (primary N) is 2. The van der Waals surface area contributed by atoms with E-state index < -0.39 is 40.4 Å². The zero-order valence-electron chi connectivity index (χ0n) is 20.5. The Bertz CT molecular complexity index is 1190. The second-order valence-corrected chi connectivity index (χ2v) is 16.7. The lowest BCUT2D eigenvalue weighted by atomic mass is 10.2. The third kappa shape index (κ3) is 8.49. The van der Waals surface area contributed by atoms with Crippen molar-refractivity contribution in [3.05, 3.63) is 83.6 Å². The summed E-state index contributed by atoms with van der Waals surface area (Å²) >= 11 is 0. The van der Waals surface area contributed by atoms with Crippen molar-refractivity contribution in [3.8, 4) is 0 Å². The number of hydrogen-bond acceptors (Lipinski definition) is 6. The Hall–Kier alpha value is -2.12. The van der Waals surface area contributed by atoms with Crippen molar-refractivity contribution in [2.75, 3.05) is 6.61 Å². The maximum Gasteiger partial charge on any atom is 0.261 e. The standard InChI is InChI=1S/C24H35N3O5S2Si/c1-20(15-17-33(26,28)29)27-34(30,31)18-16-21(25)19-32-35(24(2,3)4,22-11-7-5-8-12-22)23-13-9-6-10-14-23/h5-18,20-21,27H,19,25H2,1-4H3,(H2,26,28,29)/b17-15+,18-16+/t20-,21+/m0/s1. The maximum absolute atomic E-state index is 12.4. The molecule has 0 radical (unpaired) electrons. The van der Waals surface area contributed by atoms with Crippen molar-refractivity contribution in [1.82, 2.24) is 4.72 Å². The van der Waals surface area contributed by atoms with Gasteiger partial charge in [-0.15, -0.1) is 0 Å². The SMILES string of the molecule is C[C@@H](/C=C/S(N)(=O)=O)NS(=O)(=O)/C=C/[C@@H](N)CO[Si](c1ccccc1)(c1ccccc1)C(C)(C)C. The molecule has 2 rings (SSSR count). The Morgan fingerprint density at radius 1 is 0.914 bits per heavy atom. The van der Waals surface area contributed by atoms with Crippen LogP contribution >= 0.6 is 0 Å². The molecule has 11 heteroatoms. The fourth-order valence-electron chi connectivity index (χ4n) is 3.81. The molecule has 0 aliphatic heterocycles. The van der Waals surface area contributed by atoms with Crippen LogP contribution < -0.4 is 26.0 Å². The van der Waals surface area contributed by atoms with E-state index >= 15 is 0 Å². The predicted molar refractivity (Wildman–Crippen MR) is 144 cm³/mol. The third-order valence-corrected chi connectivity index (χ3v) is 12.1. The normalized spacial score (nSPS) is 15.5. The first-order valence-electron chi connectivity index (χ1n) is 11.1. The largest absolute Gasteiger partial charge is 0.406 e. The molecule has 192 valence electrons. The minimum Gasteiger partial charge on any atom is -0.406 e. The van der Waals surface area contributed by atoms with Crippen molar-refractivity contribution in [2.45, 2.75) is 44.8 Å². The molecule has 0 unspecified atom stereocenters. The van der Waals surface area contributed by atoms with E-state index in [1.165, 1.54) is 13.0 Å². The van der Waals surface area contributed by atoms with Gasteiger partial charge in [-0.25, -0.2) is 26.7 Å². The van der Waals surface area contributed by atoms with E-state index in [1.54, 1.807) is 0 Å². The highest BCUT2D eigenvalue weighted by Gasteiger charge is 2.50. The van der Waals surface area contributed by atoms with E-state index in [1.807, 2.05) is 36.4 Å². The number of benzene rings is 2. The van der Waals surface area contributed by atoms with Crippen LogP contribution in [0.1, 0.15) is 27.7 Å². The first-order chi connectivity index (χ1) is 16.2. The fraction of sp³-hybridized carbons (Fsp3) is 0.333. The molecule has 0 saturated heterocycles. The van der Waals surface area contributed by atoms with Crippen LogP contribution in [0.5, 0.6) is 0 Å².